The Bertz CT molecular complexity index is 1590. The van der Waals surface area contributed by atoms with Crippen LogP contribution in [0.1, 0.15) is 43.4 Å². The van der Waals surface area contributed by atoms with Crippen molar-refractivity contribution >= 4 is 22.7 Å². The van der Waals surface area contributed by atoms with Crippen LogP contribution in [0.2, 0.25) is 0 Å². The number of aliphatic hydroxyl groups is 5. The molecule has 0 aliphatic carbocycles. The summed E-state index contributed by atoms with van der Waals surface area (Å²) >= 11 is 0. The highest BCUT2D eigenvalue weighted by molar-refractivity contribution is 5.91. The van der Waals surface area contributed by atoms with Gasteiger partial charge in [0.15, 0.2) is 0 Å². The van der Waals surface area contributed by atoms with Gasteiger partial charge in [0.25, 0.3) is 0 Å². The van der Waals surface area contributed by atoms with E-state index in [0.717, 1.165) is 36.2 Å². The monoisotopic (exact) mass is 697 g/mol. The normalized spacial score (nSPS) is 23.3. The number of aryl methyl sites for hydroxylation is 3. The van der Waals surface area contributed by atoms with E-state index >= 15 is 0 Å². The highest BCUT2D eigenvalue weighted by atomic mass is 16.7. The average Bonchev–Trinajstić information content (AvgIpc) is 3.45. The lowest BCUT2D eigenvalue weighted by atomic mass is 9.99. The number of carbonyl (C=O) groups is 2. The van der Waals surface area contributed by atoms with Crippen molar-refractivity contribution < 1.29 is 44.6 Å². The largest absolute Gasteiger partial charge is 0.443 e. The number of hydrogen-bond acceptors (Lipinski definition) is 11. The van der Waals surface area contributed by atoms with Crippen LogP contribution >= 0.6 is 0 Å². The molecule has 2 fully saturated rings. The zero-order valence-electron chi connectivity index (χ0n) is 29.1. The summed E-state index contributed by atoms with van der Waals surface area (Å²) < 4.78 is 13.1. The Morgan fingerprint density at radius 1 is 0.940 bits per heavy atom. The van der Waals surface area contributed by atoms with Crippen LogP contribution < -0.4 is 10.1 Å². The molecular formula is C36H51N5O9. The Morgan fingerprint density at radius 2 is 1.62 bits per heavy atom. The van der Waals surface area contributed by atoms with Gasteiger partial charge in [-0.15, -0.1) is 5.10 Å². The second kappa shape index (κ2) is 16.6. The van der Waals surface area contributed by atoms with Gasteiger partial charge < -0.3 is 50.1 Å². The molecule has 1 aromatic heterocycles. The summed E-state index contributed by atoms with van der Waals surface area (Å²) in [4.78, 5) is 29.8. The summed E-state index contributed by atoms with van der Waals surface area (Å²) in [6.07, 6.45) is -4.19. The second-order valence-electron chi connectivity index (χ2n) is 13.8. The van der Waals surface area contributed by atoms with Crippen LogP contribution in [0.25, 0.3) is 10.9 Å². The molecule has 2 aromatic carbocycles. The van der Waals surface area contributed by atoms with Crippen molar-refractivity contribution in [3.8, 4) is 5.88 Å². The lowest BCUT2D eigenvalue weighted by Crippen LogP contribution is -2.60. The minimum atomic E-state index is -1.59. The molecule has 2 saturated heterocycles. The molecule has 0 radical (unpaired) electrons. The maximum Gasteiger partial charge on any atom is 0.247 e. The van der Waals surface area contributed by atoms with Gasteiger partial charge in [0, 0.05) is 32.6 Å². The standard InChI is InChI=1S/C36H51N5O9/c1-36(2,35(48)40-18-16-39(3)17-19-40)37-28(44)9-4-6-23-10-12-24(13-11-23)14-15-25-7-5-8-26-29(25)33(38-41(26)20-21-42)50-34-32(47)31(46)30(45)27(22-43)49-34/h5,7-8,10-13,27,30-32,34,42-43,45-47H,4,6,9,14-22H2,1-3H3,(H,37,44)/t27-,30-,31+,32-,34+/m1/s1. The van der Waals surface area contributed by atoms with E-state index in [1.165, 1.54) is 0 Å². The van der Waals surface area contributed by atoms with E-state index in [9.17, 15) is 35.1 Å². The lowest BCUT2D eigenvalue weighted by Gasteiger charge is -2.39. The van der Waals surface area contributed by atoms with Crippen molar-refractivity contribution in [1.82, 2.24) is 24.9 Å². The fourth-order valence-corrected chi connectivity index (χ4v) is 6.57. The van der Waals surface area contributed by atoms with Crippen molar-refractivity contribution in [3.05, 3.63) is 59.2 Å². The summed E-state index contributed by atoms with van der Waals surface area (Å²) in [6, 6.07) is 13.9. The zero-order chi connectivity index (χ0) is 36.0. The molecule has 2 aliphatic heterocycles. The number of rotatable bonds is 14. The first-order valence-corrected chi connectivity index (χ1v) is 17.3. The third-order valence-electron chi connectivity index (χ3n) is 9.57. The summed E-state index contributed by atoms with van der Waals surface area (Å²) in [7, 11) is 2.04. The number of aliphatic hydroxyl groups excluding tert-OH is 5. The van der Waals surface area contributed by atoms with Crippen molar-refractivity contribution in [2.75, 3.05) is 46.4 Å². The minimum Gasteiger partial charge on any atom is -0.443 e. The molecule has 3 heterocycles. The van der Waals surface area contributed by atoms with Crippen LogP contribution in [0.15, 0.2) is 42.5 Å². The Kier molecular flexibility index (Phi) is 12.5. The first-order valence-electron chi connectivity index (χ1n) is 17.3. The van der Waals surface area contributed by atoms with Crippen LogP contribution in [0.4, 0.5) is 0 Å². The number of nitrogens with one attached hydrogen (secondary N) is 1. The Hall–Kier alpha value is -3.63. The molecule has 14 heteroatoms. The third-order valence-corrected chi connectivity index (χ3v) is 9.57. The number of amides is 2. The number of piperazine rings is 1. The molecule has 50 heavy (non-hydrogen) atoms. The Labute approximate surface area is 292 Å². The number of aromatic nitrogens is 2. The summed E-state index contributed by atoms with van der Waals surface area (Å²) in [5, 5.41) is 58.3. The number of nitrogens with zero attached hydrogens (tertiary/aromatic N) is 4. The summed E-state index contributed by atoms with van der Waals surface area (Å²) in [5.41, 5.74) is 2.88. The molecule has 2 aliphatic rings. The van der Waals surface area contributed by atoms with Gasteiger partial charge in [0.2, 0.25) is 24.0 Å². The van der Waals surface area contributed by atoms with E-state index in [-0.39, 0.29) is 30.8 Å². The van der Waals surface area contributed by atoms with Crippen LogP contribution in [-0.2, 0) is 40.1 Å². The smallest absolute Gasteiger partial charge is 0.247 e. The zero-order valence-corrected chi connectivity index (χ0v) is 29.1. The van der Waals surface area contributed by atoms with Crippen LogP contribution in [-0.4, -0.2) is 140 Å². The van der Waals surface area contributed by atoms with Gasteiger partial charge in [-0.3, -0.25) is 14.3 Å². The summed E-state index contributed by atoms with van der Waals surface area (Å²) in [5.74, 6) is -0.0531. The van der Waals surface area contributed by atoms with Crippen LogP contribution in [0, 0.1) is 0 Å². The highest BCUT2D eigenvalue weighted by Crippen LogP contribution is 2.33. The molecule has 0 bridgehead atoms. The Morgan fingerprint density at radius 3 is 2.28 bits per heavy atom. The van der Waals surface area contributed by atoms with Crippen molar-refractivity contribution in [3.63, 3.8) is 0 Å². The molecule has 2 amide bonds. The molecule has 14 nitrogen and oxygen atoms in total. The maximum atomic E-state index is 13.0. The fraction of sp³-hybridized carbons (Fsp3) is 0.583. The predicted octanol–water partition coefficient (Wildman–Crippen LogP) is -0.0160. The number of likely N-dealkylation sites (N-methyl/N-ethyl adjacent to an activating group) is 1. The molecule has 0 saturated carbocycles. The Balaban J connectivity index is 1.17. The molecule has 5 atom stereocenters. The number of benzene rings is 2. The highest BCUT2D eigenvalue weighted by Gasteiger charge is 2.45. The van der Waals surface area contributed by atoms with Crippen molar-refractivity contribution in [2.24, 2.45) is 0 Å². The second-order valence-corrected chi connectivity index (χ2v) is 13.8. The first-order chi connectivity index (χ1) is 23.9. The van der Waals surface area contributed by atoms with E-state index in [1.807, 2.05) is 30.1 Å². The van der Waals surface area contributed by atoms with Gasteiger partial charge in [0.05, 0.1) is 30.7 Å². The van der Waals surface area contributed by atoms with Gasteiger partial charge in [-0.1, -0.05) is 36.4 Å². The molecule has 3 aromatic rings. The van der Waals surface area contributed by atoms with E-state index in [1.54, 1.807) is 18.5 Å². The first kappa shape index (κ1) is 37.6. The van der Waals surface area contributed by atoms with Crippen LogP contribution in [0.5, 0.6) is 5.88 Å². The van der Waals surface area contributed by atoms with Crippen molar-refractivity contribution in [2.45, 2.75) is 88.7 Å². The number of fused-ring (bicyclic) bond motifs is 1. The van der Waals surface area contributed by atoms with Crippen molar-refractivity contribution in [1.29, 1.82) is 0 Å². The SMILES string of the molecule is CN1CCN(C(=O)C(C)(C)NC(=O)CCCc2ccc(CCc3cccc4c3c(O[C@@H]3O[C@H](CO)[C@@H](O)[C@H](O)[C@H]3O)nn4CCO)cc2)CC1. The van der Waals surface area contributed by atoms with Crippen LogP contribution in [0.3, 0.4) is 0 Å². The molecule has 6 N–H and O–H groups in total. The summed E-state index contributed by atoms with van der Waals surface area (Å²) in [6.45, 7) is 5.97. The average molecular weight is 698 g/mol. The predicted molar refractivity (Wildman–Crippen MR) is 184 cm³/mol. The van der Waals surface area contributed by atoms with Gasteiger partial charge in [-0.25, -0.2) is 0 Å². The fourth-order valence-electron chi connectivity index (χ4n) is 6.57. The van der Waals surface area contributed by atoms with E-state index < -0.39 is 42.9 Å². The molecular weight excluding hydrogens is 646 g/mol. The molecule has 274 valence electrons. The number of carbonyl (C=O) groups excluding carboxylic acids is 2. The van der Waals surface area contributed by atoms with E-state index in [0.29, 0.717) is 49.7 Å². The van der Waals surface area contributed by atoms with Gasteiger partial charge in [-0.05, 0) is 69.3 Å². The third kappa shape index (κ3) is 8.80. The maximum absolute atomic E-state index is 13.0. The minimum absolute atomic E-state index is 0.0534. The molecule has 0 unspecified atom stereocenters. The van der Waals surface area contributed by atoms with E-state index in [4.69, 9.17) is 9.47 Å². The molecule has 0 spiro atoms. The number of ether oxygens (including phenoxy) is 2. The topological polar surface area (TPSA) is 190 Å². The lowest BCUT2D eigenvalue weighted by molar-refractivity contribution is -0.278. The quantitative estimate of drug-likeness (QED) is 0.133. The van der Waals surface area contributed by atoms with E-state index in [2.05, 4.69) is 39.6 Å². The number of hydrogen-bond donors (Lipinski definition) is 6. The molecule has 5 rings (SSSR count). The van der Waals surface area contributed by atoms with Gasteiger partial charge >= 0.3 is 0 Å². The van der Waals surface area contributed by atoms with Gasteiger partial charge in [-0.2, -0.15) is 0 Å². The van der Waals surface area contributed by atoms with Gasteiger partial charge in [0.1, 0.15) is 30.0 Å².